The Hall–Kier alpha value is -1.26. The molecular formula is C17H29NO3. The zero-order chi connectivity index (χ0) is 15.8. The van der Waals surface area contributed by atoms with Crippen molar-refractivity contribution < 1.29 is 14.6 Å². The van der Waals surface area contributed by atoms with E-state index >= 15 is 0 Å². The van der Waals surface area contributed by atoms with Gasteiger partial charge in [-0.15, -0.1) is 0 Å². The molecule has 1 rings (SSSR count). The summed E-state index contributed by atoms with van der Waals surface area (Å²) in [6, 6.07) is 6.04. The molecule has 0 aliphatic carbocycles. The average molecular weight is 295 g/mol. The highest BCUT2D eigenvalue weighted by atomic mass is 16.5. The number of ether oxygens (including phenoxy) is 2. The lowest BCUT2D eigenvalue weighted by Crippen LogP contribution is -2.33. The van der Waals surface area contributed by atoms with Gasteiger partial charge in [0.2, 0.25) is 0 Å². The van der Waals surface area contributed by atoms with E-state index in [-0.39, 0.29) is 12.1 Å². The molecule has 1 aromatic carbocycles. The van der Waals surface area contributed by atoms with E-state index in [1.54, 1.807) is 14.2 Å². The maximum absolute atomic E-state index is 10.2. The Balaban J connectivity index is 2.65. The smallest absolute Gasteiger partial charge is 0.161 e. The van der Waals surface area contributed by atoms with Gasteiger partial charge in [-0.2, -0.15) is 0 Å². The van der Waals surface area contributed by atoms with E-state index in [2.05, 4.69) is 26.1 Å². The Labute approximate surface area is 128 Å². The van der Waals surface area contributed by atoms with E-state index in [9.17, 15) is 5.11 Å². The fourth-order valence-corrected chi connectivity index (χ4v) is 2.54. The molecule has 4 nitrogen and oxygen atoms in total. The molecule has 120 valence electrons. The predicted molar refractivity (Wildman–Crippen MR) is 86.0 cm³/mol. The average Bonchev–Trinajstić information content (AvgIpc) is 2.52. The van der Waals surface area contributed by atoms with Gasteiger partial charge in [0.15, 0.2) is 11.5 Å². The lowest BCUT2D eigenvalue weighted by Gasteiger charge is -2.23. The monoisotopic (exact) mass is 295 g/mol. The van der Waals surface area contributed by atoms with E-state index in [0.717, 1.165) is 29.9 Å². The molecule has 0 radical (unpaired) electrons. The molecule has 0 fully saturated rings. The summed E-state index contributed by atoms with van der Waals surface area (Å²) in [5, 5.41) is 13.6. The fraction of sp³-hybridized carbons (Fsp3) is 0.647. The topological polar surface area (TPSA) is 50.7 Å². The van der Waals surface area contributed by atoms with E-state index in [4.69, 9.17) is 9.47 Å². The Kier molecular flexibility index (Phi) is 7.54. The van der Waals surface area contributed by atoms with Crippen LogP contribution < -0.4 is 14.8 Å². The molecule has 0 aliphatic heterocycles. The number of rotatable bonds is 9. The van der Waals surface area contributed by atoms with Gasteiger partial charge in [0.05, 0.1) is 20.3 Å². The van der Waals surface area contributed by atoms with Crippen LogP contribution in [-0.2, 0) is 0 Å². The van der Waals surface area contributed by atoms with Crippen molar-refractivity contribution in [1.82, 2.24) is 5.32 Å². The summed E-state index contributed by atoms with van der Waals surface area (Å²) in [7, 11) is 3.27. The molecule has 0 aromatic heterocycles. The van der Waals surface area contributed by atoms with Gasteiger partial charge < -0.3 is 19.9 Å². The minimum absolute atomic E-state index is 0.147. The Morgan fingerprint density at radius 3 is 2.24 bits per heavy atom. The van der Waals surface area contributed by atoms with Gasteiger partial charge in [-0.25, -0.2) is 0 Å². The highest BCUT2D eigenvalue weighted by Gasteiger charge is 2.17. The van der Waals surface area contributed by atoms with Crippen LogP contribution in [0.3, 0.4) is 0 Å². The maximum Gasteiger partial charge on any atom is 0.161 e. The van der Waals surface area contributed by atoms with Crippen molar-refractivity contribution in [2.24, 2.45) is 5.92 Å². The predicted octanol–water partition coefficient (Wildman–Crippen LogP) is 3.15. The number of benzene rings is 1. The summed E-state index contributed by atoms with van der Waals surface area (Å²) in [5.41, 5.74) is 1.12. The molecule has 4 heteroatoms. The number of hydrogen-bond acceptors (Lipinski definition) is 4. The molecule has 21 heavy (non-hydrogen) atoms. The van der Waals surface area contributed by atoms with Crippen molar-refractivity contribution in [2.45, 2.75) is 45.8 Å². The molecule has 0 amide bonds. The molecule has 0 heterocycles. The quantitative estimate of drug-likeness (QED) is 0.735. The third-order valence-corrected chi connectivity index (χ3v) is 4.13. The van der Waals surface area contributed by atoms with Gasteiger partial charge in [0.1, 0.15) is 0 Å². The molecule has 0 aliphatic rings. The first-order valence-corrected chi connectivity index (χ1v) is 7.70. The van der Waals surface area contributed by atoms with Crippen molar-refractivity contribution in [3.63, 3.8) is 0 Å². The zero-order valence-electron chi connectivity index (χ0n) is 13.8. The van der Waals surface area contributed by atoms with Gasteiger partial charge in [-0.1, -0.05) is 32.8 Å². The van der Waals surface area contributed by atoms with Gasteiger partial charge in [0.25, 0.3) is 0 Å². The molecule has 0 saturated heterocycles. The Morgan fingerprint density at radius 1 is 1.10 bits per heavy atom. The van der Waals surface area contributed by atoms with Crippen LogP contribution in [0.4, 0.5) is 0 Å². The first-order valence-electron chi connectivity index (χ1n) is 7.70. The van der Waals surface area contributed by atoms with E-state index < -0.39 is 0 Å². The van der Waals surface area contributed by atoms with Crippen molar-refractivity contribution in [3.8, 4) is 11.5 Å². The molecule has 2 N–H and O–H groups in total. The van der Waals surface area contributed by atoms with Gasteiger partial charge in [-0.3, -0.25) is 0 Å². The van der Waals surface area contributed by atoms with Crippen LogP contribution in [0.25, 0.3) is 0 Å². The molecule has 0 bridgehead atoms. The summed E-state index contributed by atoms with van der Waals surface area (Å²) in [6.45, 7) is 6.92. The number of hydrogen-bond donors (Lipinski definition) is 2. The largest absolute Gasteiger partial charge is 0.493 e. The minimum Gasteiger partial charge on any atom is -0.493 e. The van der Waals surface area contributed by atoms with Crippen LogP contribution >= 0.6 is 0 Å². The van der Waals surface area contributed by atoms with Gasteiger partial charge >= 0.3 is 0 Å². The molecule has 1 aromatic rings. The van der Waals surface area contributed by atoms with Gasteiger partial charge in [-0.05, 0) is 30.5 Å². The summed E-state index contributed by atoms with van der Waals surface area (Å²) >= 11 is 0. The van der Waals surface area contributed by atoms with Crippen molar-refractivity contribution >= 4 is 0 Å². The third kappa shape index (κ3) is 4.90. The first kappa shape index (κ1) is 17.8. The molecule has 0 saturated carbocycles. The summed E-state index contributed by atoms with van der Waals surface area (Å²) in [6.07, 6.45) is 1.70. The lowest BCUT2D eigenvalue weighted by molar-refractivity contribution is 0.0989. The SMILES string of the molecule is CCC(CC)C(O)CNC(C)c1ccc(OC)c(OC)c1. The maximum atomic E-state index is 10.2. The van der Waals surface area contributed by atoms with E-state index in [1.807, 2.05) is 18.2 Å². The zero-order valence-corrected chi connectivity index (χ0v) is 13.8. The van der Waals surface area contributed by atoms with Crippen molar-refractivity contribution in [1.29, 1.82) is 0 Å². The normalized spacial score (nSPS) is 14.0. The van der Waals surface area contributed by atoms with E-state index in [0.29, 0.717) is 12.5 Å². The molecular weight excluding hydrogens is 266 g/mol. The van der Waals surface area contributed by atoms with Crippen molar-refractivity contribution in [2.75, 3.05) is 20.8 Å². The highest BCUT2D eigenvalue weighted by Crippen LogP contribution is 2.29. The summed E-state index contributed by atoms with van der Waals surface area (Å²) in [5.74, 6) is 1.81. The number of aliphatic hydroxyl groups excluding tert-OH is 1. The Morgan fingerprint density at radius 2 is 1.71 bits per heavy atom. The van der Waals surface area contributed by atoms with Crippen LogP contribution in [0.1, 0.15) is 45.2 Å². The number of nitrogens with one attached hydrogen (secondary N) is 1. The second-order valence-electron chi connectivity index (χ2n) is 5.39. The number of aliphatic hydroxyl groups is 1. The lowest BCUT2D eigenvalue weighted by atomic mass is 9.96. The molecule has 0 spiro atoms. The van der Waals surface area contributed by atoms with Crippen molar-refractivity contribution in [3.05, 3.63) is 23.8 Å². The molecule has 2 unspecified atom stereocenters. The summed E-state index contributed by atoms with van der Waals surface area (Å²) in [4.78, 5) is 0. The van der Waals surface area contributed by atoms with Crippen LogP contribution in [0.15, 0.2) is 18.2 Å². The van der Waals surface area contributed by atoms with Crippen LogP contribution in [0.2, 0.25) is 0 Å². The second kappa shape index (κ2) is 8.90. The molecule has 2 atom stereocenters. The fourth-order valence-electron chi connectivity index (χ4n) is 2.54. The summed E-state index contributed by atoms with van der Waals surface area (Å²) < 4.78 is 10.6. The highest BCUT2D eigenvalue weighted by molar-refractivity contribution is 5.43. The number of methoxy groups -OCH3 is 2. The third-order valence-electron chi connectivity index (χ3n) is 4.13. The van der Waals surface area contributed by atoms with E-state index in [1.165, 1.54) is 0 Å². The minimum atomic E-state index is -0.303. The van der Waals surface area contributed by atoms with Crippen LogP contribution in [-0.4, -0.2) is 32.0 Å². The first-order chi connectivity index (χ1) is 10.1. The Bertz CT molecular complexity index is 418. The second-order valence-corrected chi connectivity index (χ2v) is 5.39. The van der Waals surface area contributed by atoms with Gasteiger partial charge in [0, 0.05) is 12.6 Å². The van der Waals surface area contributed by atoms with Crippen LogP contribution in [0, 0.1) is 5.92 Å². The standard InChI is InChI=1S/C17H29NO3/c1-6-13(7-2)15(19)11-18-12(3)14-8-9-16(20-4)17(10-14)21-5/h8-10,12-13,15,18-19H,6-7,11H2,1-5H3. The van der Waals surface area contributed by atoms with Crippen LogP contribution in [0.5, 0.6) is 11.5 Å².